The van der Waals surface area contributed by atoms with E-state index in [1.807, 2.05) is 30.3 Å². The second kappa shape index (κ2) is 8.36. The lowest BCUT2D eigenvalue weighted by molar-refractivity contribution is -0.140. The lowest BCUT2D eigenvalue weighted by Crippen LogP contribution is -2.29. The molecule has 0 aromatic heterocycles. The van der Waals surface area contributed by atoms with Crippen molar-refractivity contribution in [2.75, 3.05) is 6.54 Å². The number of amides is 1. The van der Waals surface area contributed by atoms with E-state index >= 15 is 0 Å². The number of benzene rings is 1. The van der Waals surface area contributed by atoms with Crippen LogP contribution in [0.3, 0.4) is 0 Å². The van der Waals surface area contributed by atoms with Crippen LogP contribution in [0.5, 0.6) is 0 Å². The Kier molecular flexibility index (Phi) is 6.20. The molecule has 1 saturated heterocycles. The maximum absolute atomic E-state index is 12.3. The van der Waals surface area contributed by atoms with Crippen LogP contribution in [-0.2, 0) is 25.6 Å². The van der Waals surface area contributed by atoms with Crippen molar-refractivity contribution in [3.8, 4) is 0 Å². The highest BCUT2D eigenvalue weighted by atomic mass is 16.2. The zero-order valence-electron chi connectivity index (χ0n) is 13.0. The van der Waals surface area contributed by atoms with Crippen molar-refractivity contribution < 1.29 is 19.2 Å². The van der Waals surface area contributed by atoms with Crippen molar-refractivity contribution >= 4 is 23.8 Å². The van der Waals surface area contributed by atoms with Crippen molar-refractivity contribution in [1.29, 1.82) is 0 Å². The number of carbonyl (C=O) groups excluding carboxylic acids is 4. The van der Waals surface area contributed by atoms with Gasteiger partial charge in [0.1, 0.15) is 6.29 Å². The third-order valence-electron chi connectivity index (χ3n) is 4.24. The van der Waals surface area contributed by atoms with E-state index in [2.05, 4.69) is 5.32 Å². The van der Waals surface area contributed by atoms with Crippen molar-refractivity contribution in [3.63, 3.8) is 0 Å². The molecule has 1 fully saturated rings. The molecule has 0 radical (unpaired) electrons. The molecule has 1 aliphatic heterocycles. The fraction of sp³-hybridized carbons (Fsp3) is 0.444. The molecule has 122 valence electrons. The van der Waals surface area contributed by atoms with Crippen molar-refractivity contribution in [2.24, 2.45) is 11.8 Å². The third-order valence-corrected chi connectivity index (χ3v) is 4.24. The number of carbonyl (C=O) groups is 4. The normalized spacial score (nSPS) is 18.3. The van der Waals surface area contributed by atoms with E-state index in [4.69, 9.17) is 0 Å². The number of aldehydes is 1. The summed E-state index contributed by atoms with van der Waals surface area (Å²) >= 11 is 0. The maximum atomic E-state index is 12.3. The highest BCUT2D eigenvalue weighted by Gasteiger charge is 2.32. The summed E-state index contributed by atoms with van der Waals surface area (Å²) in [6.07, 6.45) is 2.22. The number of Topliss-reactive ketones (excluding diaryl/α,β-unsaturated/α-hetero) is 2. The SMILES string of the molecule is O=CCC(CC1CCNC1=O)C(=O)C(=O)CCc1ccccc1. The summed E-state index contributed by atoms with van der Waals surface area (Å²) in [5.74, 6) is -2.02. The molecule has 0 spiro atoms. The van der Waals surface area contributed by atoms with Gasteiger partial charge in [-0.05, 0) is 24.8 Å². The first-order valence-electron chi connectivity index (χ1n) is 7.94. The summed E-state index contributed by atoms with van der Waals surface area (Å²) in [7, 11) is 0. The smallest absolute Gasteiger partial charge is 0.223 e. The second-order valence-electron chi connectivity index (χ2n) is 5.88. The summed E-state index contributed by atoms with van der Waals surface area (Å²) < 4.78 is 0. The van der Waals surface area contributed by atoms with Crippen LogP contribution in [0.15, 0.2) is 30.3 Å². The van der Waals surface area contributed by atoms with Gasteiger partial charge in [-0.25, -0.2) is 0 Å². The number of rotatable bonds is 9. The molecule has 1 N–H and O–H groups in total. The molecular weight excluding hydrogens is 294 g/mol. The molecule has 1 aromatic rings. The van der Waals surface area contributed by atoms with Crippen LogP contribution in [0.1, 0.15) is 31.2 Å². The number of nitrogens with one attached hydrogen (secondary N) is 1. The predicted octanol–water partition coefficient (Wildman–Crippen LogP) is 1.49. The minimum atomic E-state index is -0.676. The lowest BCUT2D eigenvalue weighted by atomic mass is 9.86. The van der Waals surface area contributed by atoms with Crippen LogP contribution in [0, 0.1) is 11.8 Å². The first kappa shape index (κ1) is 17.1. The maximum Gasteiger partial charge on any atom is 0.223 e. The number of hydrogen-bond acceptors (Lipinski definition) is 4. The van der Waals surface area contributed by atoms with E-state index in [1.54, 1.807) is 0 Å². The topological polar surface area (TPSA) is 80.3 Å². The molecule has 2 rings (SSSR count). The molecule has 0 saturated carbocycles. The van der Waals surface area contributed by atoms with E-state index in [1.165, 1.54) is 0 Å². The number of ketones is 2. The standard InChI is InChI=1S/C18H21NO4/c20-11-9-14(12-15-8-10-19-18(15)23)17(22)16(21)7-6-13-4-2-1-3-5-13/h1-5,11,14-15H,6-10,12H2,(H,19,23). The van der Waals surface area contributed by atoms with Gasteiger partial charge in [0.25, 0.3) is 0 Å². The summed E-state index contributed by atoms with van der Waals surface area (Å²) in [6, 6.07) is 9.47. The summed E-state index contributed by atoms with van der Waals surface area (Å²) in [5, 5.41) is 2.71. The van der Waals surface area contributed by atoms with Crippen molar-refractivity contribution in [2.45, 2.75) is 32.1 Å². The van der Waals surface area contributed by atoms with E-state index < -0.39 is 17.5 Å². The van der Waals surface area contributed by atoms with E-state index in [0.717, 1.165) is 5.56 Å². The molecule has 2 unspecified atom stereocenters. The third kappa shape index (κ3) is 4.84. The minimum absolute atomic E-state index is 0.000307. The predicted molar refractivity (Wildman–Crippen MR) is 84.7 cm³/mol. The van der Waals surface area contributed by atoms with Gasteiger partial charge in [0.15, 0.2) is 5.78 Å². The van der Waals surface area contributed by atoms with Crippen LogP contribution in [0.4, 0.5) is 0 Å². The monoisotopic (exact) mass is 315 g/mol. The van der Waals surface area contributed by atoms with Crippen LogP contribution < -0.4 is 5.32 Å². The Morgan fingerprint density at radius 2 is 2.00 bits per heavy atom. The average molecular weight is 315 g/mol. The zero-order valence-corrected chi connectivity index (χ0v) is 13.0. The summed E-state index contributed by atoms with van der Waals surface area (Å²) in [6.45, 7) is 0.591. The molecule has 0 bridgehead atoms. The van der Waals surface area contributed by atoms with Gasteiger partial charge >= 0.3 is 0 Å². The van der Waals surface area contributed by atoms with Crippen LogP contribution >= 0.6 is 0 Å². The van der Waals surface area contributed by atoms with Gasteiger partial charge in [0.05, 0.1) is 0 Å². The largest absolute Gasteiger partial charge is 0.356 e. The Balaban J connectivity index is 1.92. The van der Waals surface area contributed by atoms with Gasteiger partial charge in [0, 0.05) is 31.2 Å². The molecule has 1 aliphatic rings. The second-order valence-corrected chi connectivity index (χ2v) is 5.88. The zero-order chi connectivity index (χ0) is 16.7. The quantitative estimate of drug-likeness (QED) is 0.553. The van der Waals surface area contributed by atoms with Gasteiger partial charge in [0.2, 0.25) is 11.7 Å². The van der Waals surface area contributed by atoms with Gasteiger partial charge < -0.3 is 10.1 Å². The Morgan fingerprint density at radius 1 is 1.26 bits per heavy atom. The molecule has 23 heavy (non-hydrogen) atoms. The minimum Gasteiger partial charge on any atom is -0.356 e. The highest BCUT2D eigenvalue weighted by Crippen LogP contribution is 2.23. The Bertz CT molecular complexity index is 582. The van der Waals surface area contributed by atoms with Crippen LogP contribution in [-0.4, -0.2) is 30.3 Å². The lowest BCUT2D eigenvalue weighted by Gasteiger charge is -2.15. The fourth-order valence-electron chi connectivity index (χ4n) is 2.89. The molecule has 1 amide bonds. The Hall–Kier alpha value is -2.30. The van der Waals surface area contributed by atoms with Crippen LogP contribution in [0.2, 0.25) is 0 Å². The van der Waals surface area contributed by atoms with Gasteiger partial charge in [-0.2, -0.15) is 0 Å². The van der Waals surface area contributed by atoms with Crippen molar-refractivity contribution in [1.82, 2.24) is 5.32 Å². The first-order valence-corrected chi connectivity index (χ1v) is 7.94. The Morgan fingerprint density at radius 3 is 2.61 bits per heavy atom. The molecule has 1 heterocycles. The summed E-state index contributed by atoms with van der Waals surface area (Å²) in [4.78, 5) is 46.9. The number of aryl methyl sites for hydroxylation is 1. The summed E-state index contributed by atoms with van der Waals surface area (Å²) in [5.41, 5.74) is 0.996. The average Bonchev–Trinajstić information content (AvgIpc) is 2.97. The van der Waals surface area contributed by atoms with Crippen LogP contribution in [0.25, 0.3) is 0 Å². The van der Waals surface area contributed by atoms with E-state index in [9.17, 15) is 19.2 Å². The molecule has 0 aliphatic carbocycles. The molecular formula is C18H21NO4. The molecule has 5 nitrogen and oxygen atoms in total. The van der Waals surface area contributed by atoms with Gasteiger partial charge in [-0.15, -0.1) is 0 Å². The van der Waals surface area contributed by atoms with Crippen molar-refractivity contribution in [3.05, 3.63) is 35.9 Å². The molecule has 5 heteroatoms. The highest BCUT2D eigenvalue weighted by molar-refractivity contribution is 6.38. The van der Waals surface area contributed by atoms with Gasteiger partial charge in [-0.3, -0.25) is 14.4 Å². The Labute approximate surface area is 135 Å². The number of hydrogen-bond donors (Lipinski definition) is 1. The van der Waals surface area contributed by atoms with E-state index in [0.29, 0.717) is 25.7 Å². The first-order chi connectivity index (χ1) is 11.1. The fourth-order valence-corrected chi connectivity index (χ4v) is 2.89. The molecule has 2 atom stereocenters. The molecule has 1 aromatic carbocycles. The van der Waals surface area contributed by atoms with E-state index in [-0.39, 0.29) is 31.1 Å². The van der Waals surface area contributed by atoms with Gasteiger partial charge in [-0.1, -0.05) is 30.3 Å².